The molecule has 0 aliphatic carbocycles. The van der Waals surface area contributed by atoms with Crippen LogP contribution in [0.1, 0.15) is 5.56 Å². The number of rotatable bonds is 2. The van der Waals surface area contributed by atoms with E-state index in [2.05, 4.69) is 10.2 Å². The monoisotopic (exact) mass is 173 g/mol. The molecular formula is C5H7N3O2S. The van der Waals surface area contributed by atoms with Gasteiger partial charge < -0.3 is 0 Å². The van der Waals surface area contributed by atoms with Crippen LogP contribution in [-0.4, -0.2) is 18.6 Å². The molecule has 0 unspecified atom stereocenters. The molecule has 11 heavy (non-hydrogen) atoms. The third kappa shape index (κ3) is 3.06. The number of hydrogen-bond acceptors (Lipinski definition) is 4. The van der Waals surface area contributed by atoms with Gasteiger partial charge in [-0.15, -0.1) is 0 Å². The van der Waals surface area contributed by atoms with E-state index in [-0.39, 0.29) is 5.75 Å². The van der Waals surface area contributed by atoms with Gasteiger partial charge in [-0.25, -0.2) is 13.6 Å². The van der Waals surface area contributed by atoms with Gasteiger partial charge in [-0.3, -0.25) is 0 Å². The van der Waals surface area contributed by atoms with Gasteiger partial charge >= 0.3 is 0 Å². The highest BCUT2D eigenvalue weighted by molar-refractivity contribution is 7.88. The molecule has 0 aliphatic heterocycles. The Morgan fingerprint density at radius 2 is 2.18 bits per heavy atom. The minimum atomic E-state index is -3.44. The zero-order valence-corrected chi connectivity index (χ0v) is 6.45. The predicted molar refractivity (Wildman–Crippen MR) is 38.8 cm³/mol. The summed E-state index contributed by atoms with van der Waals surface area (Å²) in [7, 11) is -3.44. The Kier molecular flexibility index (Phi) is 2.16. The lowest BCUT2D eigenvalue weighted by Crippen LogP contribution is -2.14. The minimum absolute atomic E-state index is 0.192. The SMILES string of the molecule is NS(=O)(=O)Cc1ccnnc1. The molecule has 1 heterocycles. The molecule has 6 heteroatoms. The Morgan fingerprint density at radius 3 is 2.64 bits per heavy atom. The second kappa shape index (κ2) is 2.93. The first-order chi connectivity index (χ1) is 5.08. The van der Waals surface area contributed by atoms with E-state index in [0.717, 1.165) is 0 Å². The summed E-state index contributed by atoms with van der Waals surface area (Å²) in [6.45, 7) is 0. The van der Waals surface area contributed by atoms with Gasteiger partial charge in [0.15, 0.2) is 0 Å². The summed E-state index contributed by atoms with van der Waals surface area (Å²) in [5, 5.41) is 11.8. The molecule has 0 radical (unpaired) electrons. The van der Waals surface area contributed by atoms with Gasteiger partial charge in [0.1, 0.15) is 0 Å². The fraction of sp³-hybridized carbons (Fsp3) is 0.200. The van der Waals surface area contributed by atoms with Crippen molar-refractivity contribution in [2.75, 3.05) is 0 Å². The second-order valence-electron chi connectivity index (χ2n) is 2.06. The zero-order chi connectivity index (χ0) is 8.32. The third-order valence-corrected chi connectivity index (χ3v) is 1.75. The zero-order valence-electron chi connectivity index (χ0n) is 5.64. The first-order valence-electron chi connectivity index (χ1n) is 2.84. The maximum absolute atomic E-state index is 10.5. The van der Waals surface area contributed by atoms with Gasteiger partial charge in [-0.05, 0) is 11.6 Å². The summed E-state index contributed by atoms with van der Waals surface area (Å²) in [5.74, 6) is -0.192. The molecule has 60 valence electrons. The molecular weight excluding hydrogens is 166 g/mol. The van der Waals surface area contributed by atoms with Crippen molar-refractivity contribution < 1.29 is 8.42 Å². The van der Waals surface area contributed by atoms with E-state index < -0.39 is 10.0 Å². The highest BCUT2D eigenvalue weighted by Crippen LogP contribution is 1.97. The largest absolute Gasteiger partial charge is 0.228 e. The van der Waals surface area contributed by atoms with Crippen LogP contribution in [0, 0.1) is 0 Å². The number of sulfonamides is 1. The lowest BCUT2D eigenvalue weighted by atomic mass is 10.4. The summed E-state index contributed by atoms with van der Waals surface area (Å²) in [5.41, 5.74) is 0.544. The molecule has 1 rings (SSSR count). The van der Waals surface area contributed by atoms with Crippen molar-refractivity contribution in [1.29, 1.82) is 0 Å². The van der Waals surface area contributed by atoms with Gasteiger partial charge in [0.05, 0.1) is 11.9 Å². The first kappa shape index (κ1) is 8.09. The molecule has 0 aromatic carbocycles. The van der Waals surface area contributed by atoms with Gasteiger partial charge in [0.2, 0.25) is 10.0 Å². The van der Waals surface area contributed by atoms with Crippen LogP contribution in [0.15, 0.2) is 18.5 Å². The molecule has 0 atom stereocenters. The van der Waals surface area contributed by atoms with Crippen molar-refractivity contribution in [1.82, 2.24) is 10.2 Å². The van der Waals surface area contributed by atoms with Crippen molar-refractivity contribution in [2.24, 2.45) is 5.14 Å². The van der Waals surface area contributed by atoms with Gasteiger partial charge in [-0.2, -0.15) is 10.2 Å². The van der Waals surface area contributed by atoms with Crippen LogP contribution < -0.4 is 5.14 Å². The molecule has 1 aromatic heterocycles. The molecule has 5 nitrogen and oxygen atoms in total. The van der Waals surface area contributed by atoms with Crippen molar-refractivity contribution in [2.45, 2.75) is 5.75 Å². The molecule has 1 aromatic rings. The fourth-order valence-electron chi connectivity index (χ4n) is 0.636. The van der Waals surface area contributed by atoms with E-state index >= 15 is 0 Å². The lowest BCUT2D eigenvalue weighted by Gasteiger charge is -1.94. The summed E-state index contributed by atoms with van der Waals surface area (Å²) in [6, 6.07) is 1.55. The van der Waals surface area contributed by atoms with Crippen LogP contribution in [0.2, 0.25) is 0 Å². The van der Waals surface area contributed by atoms with Crippen molar-refractivity contribution in [3.05, 3.63) is 24.0 Å². The number of nitrogens with two attached hydrogens (primary N) is 1. The molecule has 0 amide bonds. The van der Waals surface area contributed by atoms with Crippen molar-refractivity contribution in [3.63, 3.8) is 0 Å². The van der Waals surface area contributed by atoms with Crippen LogP contribution >= 0.6 is 0 Å². The number of nitrogens with zero attached hydrogens (tertiary/aromatic N) is 2. The number of aromatic nitrogens is 2. The fourth-order valence-corrected chi connectivity index (χ4v) is 1.27. The molecule has 0 fully saturated rings. The highest BCUT2D eigenvalue weighted by Gasteiger charge is 2.03. The molecule has 0 spiro atoms. The predicted octanol–water partition coefficient (Wildman–Crippen LogP) is -0.735. The Hall–Kier alpha value is -1.01. The van der Waals surface area contributed by atoms with Gasteiger partial charge in [0.25, 0.3) is 0 Å². The molecule has 0 aliphatic rings. The van der Waals surface area contributed by atoms with E-state index in [1.165, 1.54) is 12.4 Å². The van der Waals surface area contributed by atoms with E-state index in [0.29, 0.717) is 5.56 Å². The molecule has 0 bridgehead atoms. The normalized spacial score (nSPS) is 11.4. The third-order valence-electron chi connectivity index (χ3n) is 1.01. The average Bonchev–Trinajstić information content (AvgIpc) is 1.85. The molecule has 0 saturated heterocycles. The summed E-state index contributed by atoms with van der Waals surface area (Å²) < 4.78 is 21.1. The summed E-state index contributed by atoms with van der Waals surface area (Å²) in [6.07, 6.45) is 2.78. The van der Waals surface area contributed by atoms with Gasteiger partial charge in [-0.1, -0.05) is 0 Å². The van der Waals surface area contributed by atoms with E-state index in [1.807, 2.05) is 0 Å². The van der Waals surface area contributed by atoms with Crippen LogP contribution in [-0.2, 0) is 15.8 Å². The van der Waals surface area contributed by atoms with E-state index in [1.54, 1.807) is 6.07 Å². The Morgan fingerprint density at radius 1 is 1.45 bits per heavy atom. The Balaban J connectivity index is 2.82. The summed E-state index contributed by atoms with van der Waals surface area (Å²) >= 11 is 0. The second-order valence-corrected chi connectivity index (χ2v) is 3.67. The van der Waals surface area contributed by atoms with Crippen molar-refractivity contribution >= 4 is 10.0 Å². The van der Waals surface area contributed by atoms with Crippen LogP contribution in [0.5, 0.6) is 0 Å². The maximum Gasteiger partial charge on any atom is 0.213 e. The van der Waals surface area contributed by atoms with Crippen molar-refractivity contribution in [3.8, 4) is 0 Å². The summed E-state index contributed by atoms with van der Waals surface area (Å²) in [4.78, 5) is 0. The first-order valence-corrected chi connectivity index (χ1v) is 4.55. The number of hydrogen-bond donors (Lipinski definition) is 1. The Labute approximate surface area is 64.3 Å². The standard InChI is InChI=1S/C5H7N3O2S/c6-11(9,10)4-5-1-2-7-8-3-5/h1-3H,4H2,(H2,6,9,10). The maximum atomic E-state index is 10.5. The molecule has 2 N–H and O–H groups in total. The highest BCUT2D eigenvalue weighted by atomic mass is 32.2. The van der Waals surface area contributed by atoms with Gasteiger partial charge in [0, 0.05) is 6.20 Å². The van der Waals surface area contributed by atoms with Crippen LogP contribution in [0.3, 0.4) is 0 Å². The lowest BCUT2D eigenvalue weighted by molar-refractivity contribution is 0.597. The molecule has 0 saturated carbocycles. The smallest absolute Gasteiger partial charge is 0.213 e. The van der Waals surface area contributed by atoms with Crippen LogP contribution in [0.4, 0.5) is 0 Å². The average molecular weight is 173 g/mol. The van der Waals surface area contributed by atoms with E-state index in [4.69, 9.17) is 5.14 Å². The van der Waals surface area contributed by atoms with E-state index in [9.17, 15) is 8.42 Å². The Bertz CT molecular complexity index is 321. The minimum Gasteiger partial charge on any atom is -0.228 e. The quantitative estimate of drug-likeness (QED) is 0.638. The number of primary sulfonamides is 1. The van der Waals surface area contributed by atoms with Crippen LogP contribution in [0.25, 0.3) is 0 Å². The topological polar surface area (TPSA) is 85.9 Å².